The van der Waals surface area contributed by atoms with E-state index < -0.39 is 30.0 Å². The Bertz CT molecular complexity index is 1440. The number of ether oxygens (including phenoxy) is 2. The molecule has 2 fully saturated rings. The number of methoxy groups -OCH3 is 1. The summed E-state index contributed by atoms with van der Waals surface area (Å²) in [5.41, 5.74) is 4.06. The molecule has 1 heterocycles. The predicted octanol–water partition coefficient (Wildman–Crippen LogP) is 8.91. The molecule has 0 aromatic heterocycles. The van der Waals surface area contributed by atoms with Crippen LogP contribution in [-0.4, -0.2) is 24.1 Å². The van der Waals surface area contributed by atoms with Crippen molar-refractivity contribution < 1.29 is 31.8 Å². The highest BCUT2D eigenvalue weighted by atomic mass is 19.4. The maximum atomic E-state index is 14.8. The zero-order valence-electron chi connectivity index (χ0n) is 23.2. The zero-order valence-corrected chi connectivity index (χ0v) is 23.2. The van der Waals surface area contributed by atoms with Crippen molar-refractivity contribution in [2.24, 2.45) is 0 Å². The Kier molecular flexibility index (Phi) is 7.31. The van der Waals surface area contributed by atoms with Crippen molar-refractivity contribution in [3.8, 4) is 16.9 Å². The van der Waals surface area contributed by atoms with E-state index in [9.17, 15) is 22.4 Å². The van der Waals surface area contributed by atoms with Crippen molar-refractivity contribution in [1.82, 2.24) is 4.90 Å². The third kappa shape index (κ3) is 5.40. The van der Waals surface area contributed by atoms with E-state index in [4.69, 9.17) is 9.47 Å². The lowest BCUT2D eigenvalue weighted by Gasteiger charge is -2.24. The van der Waals surface area contributed by atoms with E-state index in [0.717, 1.165) is 47.2 Å². The number of carbonyl (C=O) groups excluding carboxylic acids is 1. The van der Waals surface area contributed by atoms with E-state index in [1.165, 1.54) is 13.2 Å². The molecule has 0 N–H and O–H groups in total. The van der Waals surface area contributed by atoms with Crippen LogP contribution in [-0.2, 0) is 17.5 Å². The predicted molar refractivity (Wildman–Crippen MR) is 145 cm³/mol. The molecule has 5 rings (SSSR count). The lowest BCUT2D eigenvalue weighted by molar-refractivity contribution is -0.137. The topological polar surface area (TPSA) is 38.8 Å². The number of hydrogen-bond donors (Lipinski definition) is 0. The number of nitrogens with zero attached hydrogens (tertiary/aromatic N) is 1. The highest BCUT2D eigenvalue weighted by Crippen LogP contribution is 2.44. The fourth-order valence-corrected chi connectivity index (χ4v) is 5.56. The molecule has 3 aromatic rings. The van der Waals surface area contributed by atoms with Gasteiger partial charge < -0.3 is 9.47 Å². The third-order valence-corrected chi connectivity index (χ3v) is 7.90. The molecule has 40 heavy (non-hydrogen) atoms. The summed E-state index contributed by atoms with van der Waals surface area (Å²) < 4.78 is 66.5. The first kappa shape index (κ1) is 28.0. The Morgan fingerprint density at radius 3 is 2.38 bits per heavy atom. The number of hydrogen-bond acceptors (Lipinski definition) is 3. The summed E-state index contributed by atoms with van der Waals surface area (Å²) in [5.74, 6) is 0.446. The smallest absolute Gasteiger partial charge is 0.416 e. The first-order valence-corrected chi connectivity index (χ1v) is 13.5. The summed E-state index contributed by atoms with van der Waals surface area (Å²) in [6.45, 7) is 7.40. The number of carbonyl (C=O) groups is 1. The fourth-order valence-electron chi connectivity index (χ4n) is 5.56. The molecule has 1 unspecified atom stereocenters. The van der Waals surface area contributed by atoms with Crippen LogP contribution < -0.4 is 4.74 Å². The maximum Gasteiger partial charge on any atom is 0.416 e. The summed E-state index contributed by atoms with van der Waals surface area (Å²) in [6, 6.07) is 12.6. The van der Waals surface area contributed by atoms with Crippen LogP contribution in [0.25, 0.3) is 11.1 Å². The summed E-state index contributed by atoms with van der Waals surface area (Å²) in [7, 11) is 1.49. The number of rotatable bonds is 7. The minimum atomic E-state index is -4.51. The van der Waals surface area contributed by atoms with Gasteiger partial charge in [-0.1, -0.05) is 43.7 Å². The molecular weight excluding hydrogens is 522 g/mol. The van der Waals surface area contributed by atoms with E-state index in [2.05, 4.69) is 12.1 Å². The second-order valence-electron chi connectivity index (χ2n) is 11.2. The molecule has 2 aliphatic rings. The number of aryl methyl sites for hydroxylation is 1. The Labute approximate surface area is 231 Å². The maximum absolute atomic E-state index is 14.8. The number of benzene rings is 3. The number of amides is 1. The second-order valence-corrected chi connectivity index (χ2v) is 11.2. The van der Waals surface area contributed by atoms with Crippen molar-refractivity contribution in [3.05, 3.63) is 87.7 Å². The molecule has 1 saturated heterocycles. The zero-order chi connectivity index (χ0) is 28.9. The van der Waals surface area contributed by atoms with Crippen LogP contribution in [0.5, 0.6) is 5.75 Å². The molecule has 2 atom stereocenters. The van der Waals surface area contributed by atoms with Crippen molar-refractivity contribution in [3.63, 3.8) is 0 Å². The van der Waals surface area contributed by atoms with Gasteiger partial charge in [0, 0.05) is 11.6 Å². The Morgan fingerprint density at radius 1 is 1.02 bits per heavy atom. The van der Waals surface area contributed by atoms with Crippen molar-refractivity contribution in [1.29, 1.82) is 0 Å². The van der Waals surface area contributed by atoms with Gasteiger partial charge in [0.2, 0.25) is 0 Å². The first-order chi connectivity index (χ1) is 18.9. The molecule has 4 nitrogen and oxygen atoms in total. The largest absolute Gasteiger partial charge is 0.496 e. The van der Waals surface area contributed by atoms with Gasteiger partial charge in [0.25, 0.3) is 0 Å². The van der Waals surface area contributed by atoms with Gasteiger partial charge in [-0.15, -0.1) is 0 Å². The molecule has 0 bridgehead atoms. The van der Waals surface area contributed by atoms with E-state index in [0.29, 0.717) is 28.4 Å². The van der Waals surface area contributed by atoms with Gasteiger partial charge in [-0.25, -0.2) is 9.18 Å². The third-order valence-electron chi connectivity index (χ3n) is 7.90. The summed E-state index contributed by atoms with van der Waals surface area (Å²) in [4.78, 5) is 14.7. The van der Waals surface area contributed by atoms with E-state index in [1.807, 2.05) is 19.9 Å². The SMILES string of the molecule is COc1cc(F)c(C(C)C)cc1-c1ccc(C2CC2)cc1CN1C(=O)OC(c2cc(C)cc(C(F)(F)F)c2)[C@@H]1C. The van der Waals surface area contributed by atoms with Gasteiger partial charge in [0.05, 0.1) is 25.3 Å². The standard InChI is InChI=1S/C32H33F4NO3/c1-17(2)26-14-27(29(39-5)15-28(26)33)25-9-8-21(20-6-7-20)12-23(25)16-37-19(4)30(40-31(37)38)22-10-18(3)11-24(13-22)32(34,35)36/h8-15,17,19-20,30H,6-7,16H2,1-5H3/t19-,30?/m0/s1. The monoisotopic (exact) mass is 555 g/mol. The van der Waals surface area contributed by atoms with Gasteiger partial charge in [0.15, 0.2) is 0 Å². The van der Waals surface area contributed by atoms with Crippen molar-refractivity contribution in [2.45, 2.75) is 77.2 Å². The van der Waals surface area contributed by atoms with Gasteiger partial charge in [-0.05, 0) is 84.5 Å². The molecule has 212 valence electrons. The Morgan fingerprint density at radius 2 is 1.75 bits per heavy atom. The summed E-state index contributed by atoms with van der Waals surface area (Å²) in [5, 5.41) is 0. The minimum absolute atomic E-state index is 0.0518. The van der Waals surface area contributed by atoms with Gasteiger partial charge in [-0.3, -0.25) is 4.90 Å². The normalized spacial score (nSPS) is 19.4. The number of alkyl halides is 3. The van der Waals surface area contributed by atoms with Crippen LogP contribution in [0, 0.1) is 12.7 Å². The van der Waals surface area contributed by atoms with E-state index in [1.54, 1.807) is 30.9 Å². The first-order valence-electron chi connectivity index (χ1n) is 13.5. The number of halogens is 4. The van der Waals surface area contributed by atoms with E-state index in [-0.39, 0.29) is 18.3 Å². The summed E-state index contributed by atoms with van der Waals surface area (Å²) >= 11 is 0. The average Bonchev–Trinajstić information content (AvgIpc) is 3.70. The minimum Gasteiger partial charge on any atom is -0.496 e. The van der Waals surface area contributed by atoms with E-state index >= 15 is 0 Å². The molecule has 1 aliphatic carbocycles. The molecule has 0 spiro atoms. The van der Waals surface area contributed by atoms with Gasteiger partial charge in [0.1, 0.15) is 17.7 Å². The second kappa shape index (κ2) is 10.5. The number of cyclic esters (lactones) is 1. The molecule has 3 aromatic carbocycles. The highest BCUT2D eigenvalue weighted by Gasteiger charge is 2.41. The van der Waals surface area contributed by atoms with Crippen LogP contribution >= 0.6 is 0 Å². The van der Waals surface area contributed by atoms with Crippen LogP contribution in [0.15, 0.2) is 48.5 Å². The lowest BCUT2D eigenvalue weighted by atomic mass is 9.91. The molecule has 1 amide bonds. The Hall–Kier alpha value is -3.55. The van der Waals surface area contributed by atoms with Crippen LogP contribution in [0.4, 0.5) is 22.4 Å². The molecule has 1 aliphatic heterocycles. The summed E-state index contributed by atoms with van der Waals surface area (Å²) in [6.07, 6.45) is -3.77. The van der Waals surface area contributed by atoms with Crippen LogP contribution in [0.1, 0.15) is 84.9 Å². The van der Waals surface area contributed by atoms with Crippen molar-refractivity contribution in [2.75, 3.05) is 7.11 Å². The quantitative estimate of drug-likeness (QED) is 0.273. The molecule has 1 saturated carbocycles. The van der Waals surface area contributed by atoms with Gasteiger partial charge in [-0.2, -0.15) is 13.2 Å². The molecule has 8 heteroatoms. The fraction of sp³-hybridized carbons (Fsp3) is 0.406. The van der Waals surface area contributed by atoms with Crippen molar-refractivity contribution >= 4 is 6.09 Å². The average molecular weight is 556 g/mol. The highest BCUT2D eigenvalue weighted by molar-refractivity contribution is 5.76. The lowest BCUT2D eigenvalue weighted by Crippen LogP contribution is -2.31. The van der Waals surface area contributed by atoms with Crippen LogP contribution in [0.3, 0.4) is 0 Å². The molecule has 0 radical (unpaired) electrons. The molecular formula is C32H33F4NO3. The Balaban J connectivity index is 1.54. The van der Waals surface area contributed by atoms with Gasteiger partial charge >= 0.3 is 12.3 Å². The van der Waals surface area contributed by atoms with Crippen LogP contribution in [0.2, 0.25) is 0 Å².